The van der Waals surface area contributed by atoms with E-state index in [1.807, 2.05) is 30.3 Å². The molecule has 8 heteroatoms. The molecule has 0 bridgehead atoms. The Labute approximate surface area is 146 Å². The van der Waals surface area contributed by atoms with Gasteiger partial charge in [0.05, 0.1) is 22.7 Å². The fourth-order valence-electron chi connectivity index (χ4n) is 2.47. The summed E-state index contributed by atoms with van der Waals surface area (Å²) in [4.78, 5) is 23.0. The van der Waals surface area contributed by atoms with E-state index in [4.69, 9.17) is 4.42 Å². The topological polar surface area (TPSA) is 112 Å². The molecule has 2 aromatic carbocycles. The molecule has 0 saturated heterocycles. The number of nitrogens with zero attached hydrogens (tertiary/aromatic N) is 3. The van der Waals surface area contributed by atoms with Crippen LogP contribution in [0.4, 0.5) is 5.69 Å². The molecule has 130 valence electrons. The second-order valence-electron chi connectivity index (χ2n) is 5.22. The number of fused-ring (bicyclic) bond motifs is 1. The Kier molecular flexibility index (Phi) is 5.14. The van der Waals surface area contributed by atoms with E-state index in [1.165, 1.54) is 12.4 Å². The van der Waals surface area contributed by atoms with Crippen molar-refractivity contribution in [2.75, 3.05) is 0 Å². The van der Waals surface area contributed by atoms with Gasteiger partial charge in [0.1, 0.15) is 11.1 Å². The number of nitro groups is 1. The molecule has 0 aliphatic heterocycles. The maximum absolute atomic E-state index is 12.1. The van der Waals surface area contributed by atoms with E-state index in [0.717, 1.165) is 5.56 Å². The molecule has 0 spiro atoms. The lowest BCUT2D eigenvalue weighted by Crippen LogP contribution is -2.12. The molecule has 0 N–H and O–H groups in total. The fraction of sp³-hybridized carbons (Fsp3) is 0.0556. The summed E-state index contributed by atoms with van der Waals surface area (Å²) in [6.07, 6.45) is 3.12. The molecule has 0 amide bonds. The van der Waals surface area contributed by atoms with Crippen LogP contribution in [0.1, 0.15) is 11.1 Å². The van der Waals surface area contributed by atoms with Gasteiger partial charge in [0.15, 0.2) is 0 Å². The van der Waals surface area contributed by atoms with E-state index in [2.05, 4.69) is 14.9 Å². The lowest BCUT2D eigenvalue weighted by atomic mass is 10.0. The van der Waals surface area contributed by atoms with Gasteiger partial charge < -0.3 is 4.42 Å². The highest BCUT2D eigenvalue weighted by atomic mass is 16.6. The SMILES string of the molecule is O=c1oc2ccccc2c([N+](=O)[O-])c1Cc1ccccc1.c1cnon1. The van der Waals surface area contributed by atoms with Gasteiger partial charge in [0.2, 0.25) is 0 Å². The van der Waals surface area contributed by atoms with Gasteiger partial charge in [-0.05, 0) is 17.7 Å². The largest absolute Gasteiger partial charge is 0.422 e. The van der Waals surface area contributed by atoms with E-state index >= 15 is 0 Å². The number of aromatic nitrogens is 2. The van der Waals surface area contributed by atoms with Crippen LogP contribution in [-0.2, 0) is 6.42 Å². The molecule has 0 atom stereocenters. The Morgan fingerprint density at radius 1 is 0.962 bits per heavy atom. The Morgan fingerprint density at radius 3 is 2.23 bits per heavy atom. The average molecular weight is 351 g/mol. The standard InChI is InChI=1S/C16H11NO4.C2H2N2O/c18-16-13(10-11-6-2-1-3-7-11)15(17(19)20)12-8-4-5-9-14(12)21-16;1-2-4-5-3-1/h1-9H,10H2;1-2H. The van der Waals surface area contributed by atoms with Crippen LogP contribution in [0.5, 0.6) is 0 Å². The van der Waals surface area contributed by atoms with Crippen LogP contribution < -0.4 is 5.63 Å². The number of rotatable bonds is 3. The third-order valence-electron chi connectivity index (χ3n) is 3.57. The quantitative estimate of drug-likeness (QED) is 0.316. The number of para-hydroxylation sites is 1. The molecule has 0 fully saturated rings. The second-order valence-corrected chi connectivity index (χ2v) is 5.22. The highest BCUT2D eigenvalue weighted by molar-refractivity contribution is 5.87. The summed E-state index contributed by atoms with van der Waals surface area (Å²) in [6.45, 7) is 0. The Hall–Kier alpha value is -3.81. The van der Waals surface area contributed by atoms with Gasteiger partial charge in [0.25, 0.3) is 5.69 Å². The van der Waals surface area contributed by atoms with Gasteiger partial charge in [0, 0.05) is 6.42 Å². The fourth-order valence-corrected chi connectivity index (χ4v) is 2.47. The van der Waals surface area contributed by atoms with Crippen molar-refractivity contribution in [2.24, 2.45) is 0 Å². The van der Waals surface area contributed by atoms with Crippen molar-refractivity contribution in [1.82, 2.24) is 10.3 Å². The zero-order chi connectivity index (χ0) is 18.4. The monoisotopic (exact) mass is 351 g/mol. The highest BCUT2D eigenvalue weighted by Gasteiger charge is 2.23. The van der Waals surface area contributed by atoms with E-state index in [1.54, 1.807) is 24.3 Å². The molecule has 2 aromatic heterocycles. The van der Waals surface area contributed by atoms with Crippen molar-refractivity contribution in [2.45, 2.75) is 6.42 Å². The zero-order valence-electron chi connectivity index (χ0n) is 13.4. The molecule has 0 aliphatic carbocycles. The van der Waals surface area contributed by atoms with Crippen LogP contribution in [0.25, 0.3) is 11.0 Å². The molecule has 2 heterocycles. The van der Waals surface area contributed by atoms with Crippen molar-refractivity contribution in [3.63, 3.8) is 0 Å². The lowest BCUT2D eigenvalue weighted by molar-refractivity contribution is -0.384. The van der Waals surface area contributed by atoms with Crippen LogP contribution in [0.2, 0.25) is 0 Å². The van der Waals surface area contributed by atoms with Crippen molar-refractivity contribution in [3.8, 4) is 0 Å². The molecular formula is C18H13N3O5. The van der Waals surface area contributed by atoms with Crippen molar-refractivity contribution in [1.29, 1.82) is 0 Å². The molecule has 8 nitrogen and oxygen atoms in total. The number of benzene rings is 2. The summed E-state index contributed by atoms with van der Waals surface area (Å²) in [7, 11) is 0. The Morgan fingerprint density at radius 2 is 1.62 bits per heavy atom. The van der Waals surface area contributed by atoms with Gasteiger partial charge in [-0.1, -0.05) is 52.8 Å². The number of hydrogen-bond acceptors (Lipinski definition) is 7. The van der Waals surface area contributed by atoms with Gasteiger partial charge in [-0.3, -0.25) is 10.1 Å². The number of hydrogen-bond donors (Lipinski definition) is 0. The summed E-state index contributed by atoms with van der Waals surface area (Å²) in [5.41, 5.74) is 0.286. The maximum atomic E-state index is 12.1. The lowest BCUT2D eigenvalue weighted by Gasteiger charge is -2.05. The van der Waals surface area contributed by atoms with Gasteiger partial charge in [-0.25, -0.2) is 9.42 Å². The smallest absolute Gasteiger partial charge is 0.346 e. The van der Waals surface area contributed by atoms with Gasteiger partial charge >= 0.3 is 5.63 Å². The molecule has 4 aromatic rings. The summed E-state index contributed by atoms with van der Waals surface area (Å²) in [6, 6.07) is 15.6. The second kappa shape index (κ2) is 7.84. The Balaban J connectivity index is 0.000000339. The summed E-state index contributed by atoms with van der Waals surface area (Å²) in [5, 5.41) is 18.2. The third kappa shape index (κ3) is 3.81. The molecule has 0 aliphatic rings. The first-order valence-corrected chi connectivity index (χ1v) is 7.61. The molecule has 0 unspecified atom stereocenters. The third-order valence-corrected chi connectivity index (χ3v) is 3.57. The minimum atomic E-state index is -0.663. The van der Waals surface area contributed by atoms with E-state index in [0.29, 0.717) is 5.39 Å². The van der Waals surface area contributed by atoms with Gasteiger partial charge in [-0.15, -0.1) is 0 Å². The van der Waals surface area contributed by atoms with Crippen LogP contribution >= 0.6 is 0 Å². The van der Waals surface area contributed by atoms with Crippen LogP contribution in [-0.4, -0.2) is 15.2 Å². The first-order valence-electron chi connectivity index (χ1n) is 7.61. The highest BCUT2D eigenvalue weighted by Crippen LogP contribution is 2.28. The van der Waals surface area contributed by atoms with Crippen LogP contribution in [0.15, 0.2) is 80.8 Å². The molecule has 0 radical (unpaired) electrons. The molecule has 0 saturated carbocycles. The zero-order valence-corrected chi connectivity index (χ0v) is 13.4. The summed E-state index contributed by atoms with van der Waals surface area (Å²) >= 11 is 0. The van der Waals surface area contributed by atoms with Crippen molar-refractivity contribution < 1.29 is 14.0 Å². The van der Waals surface area contributed by atoms with E-state index in [9.17, 15) is 14.9 Å². The maximum Gasteiger partial charge on any atom is 0.346 e. The summed E-state index contributed by atoms with van der Waals surface area (Å²) < 4.78 is 9.28. The average Bonchev–Trinajstić information content (AvgIpc) is 3.23. The minimum Gasteiger partial charge on any atom is -0.422 e. The molecular weight excluding hydrogens is 338 g/mol. The van der Waals surface area contributed by atoms with Crippen LogP contribution in [0.3, 0.4) is 0 Å². The predicted molar refractivity (Wildman–Crippen MR) is 92.7 cm³/mol. The predicted octanol–water partition coefficient (Wildman–Crippen LogP) is 3.36. The van der Waals surface area contributed by atoms with E-state index in [-0.39, 0.29) is 23.3 Å². The first kappa shape index (κ1) is 17.0. The Bertz CT molecular complexity index is 1040. The van der Waals surface area contributed by atoms with E-state index < -0.39 is 10.5 Å². The molecule has 4 rings (SSSR count). The van der Waals surface area contributed by atoms with Gasteiger partial charge in [-0.2, -0.15) is 0 Å². The van der Waals surface area contributed by atoms with Crippen molar-refractivity contribution >= 4 is 16.7 Å². The normalized spacial score (nSPS) is 10.2. The van der Waals surface area contributed by atoms with Crippen molar-refractivity contribution in [3.05, 3.63) is 98.7 Å². The van der Waals surface area contributed by atoms with Crippen LogP contribution in [0, 0.1) is 10.1 Å². The first-order chi connectivity index (χ1) is 12.7. The minimum absolute atomic E-state index is 0.0740. The summed E-state index contributed by atoms with van der Waals surface area (Å²) in [5.74, 6) is 0. The molecule has 26 heavy (non-hydrogen) atoms.